The molecule has 2 aliphatic carbocycles. The molecule has 0 spiro atoms. The molecule has 0 aromatic heterocycles. The maximum absolute atomic E-state index is 11.6. The lowest BCUT2D eigenvalue weighted by atomic mass is 9.69. The van der Waals surface area contributed by atoms with Gasteiger partial charge in [0.2, 0.25) is 0 Å². The standard InChI is InChI=1S/C18H30O2/c1-3-4-5-14-6-8-15(9-7-14)16-10-12-17(13-11-16)18(19)20-2/h3,14-17H,1,4-13H2,2H3. The molecule has 2 aliphatic rings. The summed E-state index contributed by atoms with van der Waals surface area (Å²) in [5, 5.41) is 0. The van der Waals surface area contributed by atoms with Crippen LogP contribution in [-0.4, -0.2) is 13.1 Å². The quantitative estimate of drug-likeness (QED) is 0.536. The van der Waals surface area contributed by atoms with E-state index in [1.807, 2.05) is 0 Å². The molecule has 0 aromatic rings. The van der Waals surface area contributed by atoms with Crippen molar-refractivity contribution in [2.45, 2.75) is 64.2 Å². The molecule has 2 saturated carbocycles. The third-order valence-electron chi connectivity index (χ3n) is 5.64. The highest BCUT2D eigenvalue weighted by Gasteiger charge is 2.32. The molecule has 0 saturated heterocycles. The molecule has 0 atom stereocenters. The van der Waals surface area contributed by atoms with Crippen LogP contribution in [0.4, 0.5) is 0 Å². The van der Waals surface area contributed by atoms with Crippen LogP contribution < -0.4 is 0 Å². The third-order valence-corrected chi connectivity index (χ3v) is 5.64. The van der Waals surface area contributed by atoms with Gasteiger partial charge in [-0.05, 0) is 69.1 Å². The molecule has 0 radical (unpaired) electrons. The topological polar surface area (TPSA) is 26.3 Å². The average Bonchev–Trinajstić information content (AvgIpc) is 2.53. The van der Waals surface area contributed by atoms with Crippen molar-refractivity contribution >= 4 is 5.97 Å². The molecule has 2 rings (SSSR count). The van der Waals surface area contributed by atoms with Crippen LogP contribution in [0.15, 0.2) is 12.7 Å². The van der Waals surface area contributed by atoms with E-state index in [2.05, 4.69) is 12.7 Å². The predicted molar refractivity (Wildman–Crippen MR) is 82.3 cm³/mol. The van der Waals surface area contributed by atoms with Gasteiger partial charge in [-0.1, -0.05) is 18.9 Å². The van der Waals surface area contributed by atoms with Crippen LogP contribution in [0, 0.1) is 23.7 Å². The molecule has 2 fully saturated rings. The first-order valence-electron chi connectivity index (χ1n) is 8.43. The Bertz CT molecular complexity index is 307. The highest BCUT2D eigenvalue weighted by molar-refractivity contribution is 5.72. The smallest absolute Gasteiger partial charge is 0.308 e. The van der Waals surface area contributed by atoms with Crippen molar-refractivity contribution in [3.8, 4) is 0 Å². The van der Waals surface area contributed by atoms with Gasteiger partial charge in [-0.15, -0.1) is 6.58 Å². The van der Waals surface area contributed by atoms with E-state index in [1.54, 1.807) is 0 Å². The van der Waals surface area contributed by atoms with Crippen LogP contribution in [-0.2, 0) is 9.53 Å². The molecule has 0 aliphatic heterocycles. The summed E-state index contributed by atoms with van der Waals surface area (Å²) in [5.41, 5.74) is 0. The zero-order valence-electron chi connectivity index (χ0n) is 13.0. The normalized spacial score (nSPS) is 34.5. The second kappa shape index (κ2) is 7.85. The zero-order valence-corrected chi connectivity index (χ0v) is 13.0. The Morgan fingerprint density at radius 3 is 2.10 bits per heavy atom. The first kappa shape index (κ1) is 15.6. The number of carbonyl (C=O) groups is 1. The van der Waals surface area contributed by atoms with E-state index in [0.29, 0.717) is 0 Å². The fourth-order valence-electron chi connectivity index (χ4n) is 4.29. The summed E-state index contributed by atoms with van der Waals surface area (Å²) in [7, 11) is 1.51. The van der Waals surface area contributed by atoms with E-state index < -0.39 is 0 Å². The number of hydrogen-bond acceptors (Lipinski definition) is 2. The number of methoxy groups -OCH3 is 1. The largest absolute Gasteiger partial charge is 0.469 e. The number of ether oxygens (including phenoxy) is 1. The Labute approximate surface area is 124 Å². The van der Waals surface area contributed by atoms with E-state index in [1.165, 1.54) is 58.5 Å². The average molecular weight is 278 g/mol. The summed E-state index contributed by atoms with van der Waals surface area (Å²) >= 11 is 0. The minimum Gasteiger partial charge on any atom is -0.469 e. The van der Waals surface area contributed by atoms with E-state index in [4.69, 9.17) is 4.74 Å². The van der Waals surface area contributed by atoms with Crippen LogP contribution in [0.2, 0.25) is 0 Å². The number of rotatable bonds is 5. The van der Waals surface area contributed by atoms with Gasteiger partial charge in [0.1, 0.15) is 0 Å². The molecule has 2 heteroatoms. The second-order valence-electron chi connectivity index (χ2n) is 6.78. The molecular weight excluding hydrogens is 248 g/mol. The van der Waals surface area contributed by atoms with Gasteiger partial charge in [0.25, 0.3) is 0 Å². The predicted octanol–water partition coefficient (Wildman–Crippen LogP) is 4.74. The third kappa shape index (κ3) is 4.10. The number of esters is 1. The molecule has 0 N–H and O–H groups in total. The van der Waals surface area contributed by atoms with Crippen molar-refractivity contribution < 1.29 is 9.53 Å². The Morgan fingerprint density at radius 1 is 1.05 bits per heavy atom. The lowest BCUT2D eigenvalue weighted by molar-refractivity contribution is -0.147. The van der Waals surface area contributed by atoms with Gasteiger partial charge in [0, 0.05) is 0 Å². The maximum atomic E-state index is 11.6. The Morgan fingerprint density at radius 2 is 1.60 bits per heavy atom. The molecule has 0 heterocycles. The van der Waals surface area contributed by atoms with Crippen LogP contribution >= 0.6 is 0 Å². The van der Waals surface area contributed by atoms with Crippen LogP contribution in [0.5, 0.6) is 0 Å². The van der Waals surface area contributed by atoms with E-state index in [-0.39, 0.29) is 11.9 Å². The van der Waals surface area contributed by atoms with Crippen molar-refractivity contribution in [2.24, 2.45) is 23.7 Å². The molecule has 0 bridgehead atoms. The lowest BCUT2D eigenvalue weighted by Crippen LogP contribution is -2.28. The highest BCUT2D eigenvalue weighted by atomic mass is 16.5. The Kier molecular flexibility index (Phi) is 6.12. The van der Waals surface area contributed by atoms with Gasteiger partial charge < -0.3 is 4.74 Å². The van der Waals surface area contributed by atoms with Crippen molar-refractivity contribution in [2.75, 3.05) is 7.11 Å². The van der Waals surface area contributed by atoms with Crippen molar-refractivity contribution in [3.05, 3.63) is 12.7 Å². The summed E-state index contributed by atoms with van der Waals surface area (Å²) in [6.45, 7) is 3.82. The van der Waals surface area contributed by atoms with E-state index in [9.17, 15) is 4.79 Å². The fraction of sp³-hybridized carbons (Fsp3) is 0.833. The minimum absolute atomic E-state index is 0.0107. The second-order valence-corrected chi connectivity index (χ2v) is 6.78. The minimum atomic E-state index is 0.0107. The summed E-state index contributed by atoms with van der Waals surface area (Å²) < 4.78 is 4.87. The Balaban J connectivity index is 1.70. The Hall–Kier alpha value is -0.790. The van der Waals surface area contributed by atoms with Gasteiger partial charge in [0.15, 0.2) is 0 Å². The fourth-order valence-corrected chi connectivity index (χ4v) is 4.29. The molecule has 20 heavy (non-hydrogen) atoms. The van der Waals surface area contributed by atoms with Crippen LogP contribution in [0.3, 0.4) is 0 Å². The van der Waals surface area contributed by atoms with Crippen molar-refractivity contribution in [3.63, 3.8) is 0 Å². The van der Waals surface area contributed by atoms with Crippen LogP contribution in [0.25, 0.3) is 0 Å². The maximum Gasteiger partial charge on any atom is 0.308 e. The number of carbonyl (C=O) groups excluding carboxylic acids is 1. The summed E-state index contributed by atoms with van der Waals surface area (Å²) in [4.78, 5) is 11.6. The lowest BCUT2D eigenvalue weighted by Gasteiger charge is -2.37. The SMILES string of the molecule is C=CCCC1CCC(C2CCC(C(=O)OC)CC2)CC1. The van der Waals surface area contributed by atoms with E-state index in [0.717, 1.165) is 30.6 Å². The van der Waals surface area contributed by atoms with Gasteiger partial charge in [-0.25, -0.2) is 0 Å². The van der Waals surface area contributed by atoms with Gasteiger partial charge >= 0.3 is 5.97 Å². The monoisotopic (exact) mass is 278 g/mol. The summed E-state index contributed by atoms with van der Waals surface area (Å²) in [6.07, 6.45) is 14.8. The van der Waals surface area contributed by atoms with Gasteiger partial charge in [-0.2, -0.15) is 0 Å². The highest BCUT2D eigenvalue weighted by Crippen LogP contribution is 2.42. The first-order valence-corrected chi connectivity index (χ1v) is 8.43. The number of hydrogen-bond donors (Lipinski definition) is 0. The molecule has 0 amide bonds. The van der Waals surface area contributed by atoms with Gasteiger partial charge in [-0.3, -0.25) is 4.79 Å². The van der Waals surface area contributed by atoms with Gasteiger partial charge in [0.05, 0.1) is 13.0 Å². The van der Waals surface area contributed by atoms with E-state index >= 15 is 0 Å². The van der Waals surface area contributed by atoms with Crippen LogP contribution in [0.1, 0.15) is 64.2 Å². The number of allylic oxidation sites excluding steroid dienone is 1. The molecule has 114 valence electrons. The molecule has 0 unspecified atom stereocenters. The summed E-state index contributed by atoms with van der Waals surface area (Å²) in [5.74, 6) is 2.93. The summed E-state index contributed by atoms with van der Waals surface area (Å²) in [6, 6.07) is 0. The first-order chi connectivity index (χ1) is 9.74. The van der Waals surface area contributed by atoms with Crippen molar-refractivity contribution in [1.29, 1.82) is 0 Å². The molecule has 0 aromatic carbocycles. The van der Waals surface area contributed by atoms with Crippen molar-refractivity contribution in [1.82, 2.24) is 0 Å². The molecule has 2 nitrogen and oxygen atoms in total. The zero-order chi connectivity index (χ0) is 14.4. The molecular formula is C18H30O2.